The number of hydrogen-bond donors (Lipinski definition) is 2. The summed E-state index contributed by atoms with van der Waals surface area (Å²) < 4.78 is 2.16. The first-order valence-electron chi connectivity index (χ1n) is 5.50. The molecule has 2 rings (SSSR count). The van der Waals surface area contributed by atoms with Crippen molar-refractivity contribution in [2.75, 3.05) is 24.7 Å². The fraction of sp³-hybridized carbons (Fsp3) is 0.167. The zero-order valence-electron chi connectivity index (χ0n) is 10.6. The molecule has 1 aromatic carbocycles. The Bertz CT molecular complexity index is 670. The number of hydrogen-bond acceptors (Lipinski definition) is 5. The Morgan fingerprint density at radius 3 is 2.32 bits per heavy atom. The second-order valence-corrected chi connectivity index (χ2v) is 5.84. The zero-order valence-corrected chi connectivity index (χ0v) is 12.2. The summed E-state index contributed by atoms with van der Waals surface area (Å²) in [5.74, 6) is -0.266. The van der Waals surface area contributed by atoms with E-state index in [-0.39, 0.29) is 0 Å². The van der Waals surface area contributed by atoms with E-state index >= 15 is 0 Å². The maximum atomic E-state index is 11.2. The average Bonchev–Trinajstić information content (AvgIpc) is 2.65. The summed E-state index contributed by atoms with van der Waals surface area (Å²) >= 11 is 6.35. The average molecular weight is 294 g/mol. The molecule has 0 saturated heterocycles. The molecule has 0 fully saturated rings. The van der Waals surface area contributed by atoms with Crippen molar-refractivity contribution in [3.05, 3.63) is 33.1 Å². The number of nitrogens with zero attached hydrogens (tertiary/aromatic N) is 2. The lowest BCUT2D eigenvalue weighted by atomic mass is 10.2. The van der Waals surface area contributed by atoms with Crippen LogP contribution in [0, 0.1) is 3.95 Å². The maximum Gasteiger partial charge on any atom is 0.262 e. The number of carbonyl (C=O) groups is 1. The quantitative estimate of drug-likeness (QED) is 0.849. The van der Waals surface area contributed by atoms with Crippen molar-refractivity contribution in [1.82, 2.24) is 4.57 Å². The largest absolute Gasteiger partial charge is 0.383 e. The van der Waals surface area contributed by atoms with Gasteiger partial charge in [-0.25, -0.2) is 0 Å². The number of thiazole rings is 1. The second-order valence-electron chi connectivity index (χ2n) is 4.19. The molecule has 0 aliphatic rings. The standard InChI is InChI=1S/C12H14N4OS2/c1-15(2)7-3-5-8(6-4-7)16-10(13)9(11(14)17)19-12(16)18/h3-6H,13H2,1-2H3,(H2,14,17). The Hall–Kier alpha value is -1.86. The lowest BCUT2D eigenvalue weighted by molar-refractivity contribution is 0.100. The van der Waals surface area contributed by atoms with Gasteiger partial charge in [0.25, 0.3) is 5.91 Å². The molecule has 4 N–H and O–H groups in total. The van der Waals surface area contributed by atoms with Crippen LogP contribution in [0.1, 0.15) is 9.67 Å². The van der Waals surface area contributed by atoms with Gasteiger partial charge < -0.3 is 16.4 Å². The molecule has 0 aliphatic heterocycles. The van der Waals surface area contributed by atoms with Crippen molar-refractivity contribution in [3.63, 3.8) is 0 Å². The molecule has 1 amide bonds. The Balaban J connectivity index is 2.53. The van der Waals surface area contributed by atoms with Crippen LogP contribution >= 0.6 is 23.6 Å². The van der Waals surface area contributed by atoms with Crippen LogP contribution in [0.4, 0.5) is 11.5 Å². The third kappa shape index (κ3) is 2.47. The molecular weight excluding hydrogens is 280 g/mol. The molecule has 0 atom stereocenters. The molecule has 0 radical (unpaired) electrons. The van der Waals surface area contributed by atoms with Gasteiger partial charge in [-0.05, 0) is 36.5 Å². The van der Waals surface area contributed by atoms with Crippen molar-refractivity contribution in [3.8, 4) is 5.69 Å². The van der Waals surface area contributed by atoms with Gasteiger partial charge in [0.05, 0.1) is 0 Å². The second kappa shape index (κ2) is 5.02. The van der Waals surface area contributed by atoms with Gasteiger partial charge in [-0.2, -0.15) is 0 Å². The first-order chi connectivity index (χ1) is 8.91. The molecule has 19 heavy (non-hydrogen) atoms. The SMILES string of the molecule is CN(C)c1ccc(-n2c(N)c(C(N)=O)sc2=S)cc1. The summed E-state index contributed by atoms with van der Waals surface area (Å²) in [6, 6.07) is 7.72. The zero-order chi connectivity index (χ0) is 14.2. The van der Waals surface area contributed by atoms with Crippen LogP contribution < -0.4 is 16.4 Å². The number of primary amides is 1. The predicted octanol–water partition coefficient (Wildman–Crippen LogP) is 2.02. The highest BCUT2D eigenvalue weighted by Crippen LogP contribution is 2.26. The van der Waals surface area contributed by atoms with Gasteiger partial charge in [0, 0.05) is 25.5 Å². The van der Waals surface area contributed by atoms with Gasteiger partial charge in [-0.1, -0.05) is 11.3 Å². The highest BCUT2D eigenvalue weighted by atomic mass is 32.1. The van der Waals surface area contributed by atoms with Crippen LogP contribution in [0.2, 0.25) is 0 Å². The number of nitrogens with two attached hydrogens (primary N) is 2. The number of anilines is 2. The van der Waals surface area contributed by atoms with Crippen molar-refractivity contribution in [1.29, 1.82) is 0 Å². The van der Waals surface area contributed by atoms with E-state index < -0.39 is 5.91 Å². The molecular formula is C12H14N4OS2. The fourth-order valence-electron chi connectivity index (χ4n) is 1.71. The normalized spacial score (nSPS) is 10.4. The summed E-state index contributed by atoms with van der Waals surface area (Å²) in [5.41, 5.74) is 13.1. The lowest BCUT2D eigenvalue weighted by Crippen LogP contribution is -2.13. The number of nitrogen functional groups attached to an aromatic ring is 1. The number of carbonyl (C=O) groups excluding carboxylic acids is 1. The molecule has 0 aliphatic carbocycles. The van der Waals surface area contributed by atoms with Gasteiger partial charge in [0.1, 0.15) is 10.7 Å². The van der Waals surface area contributed by atoms with E-state index in [0.29, 0.717) is 14.6 Å². The highest BCUT2D eigenvalue weighted by Gasteiger charge is 2.15. The Kier molecular flexibility index (Phi) is 3.59. The van der Waals surface area contributed by atoms with Crippen LogP contribution in [-0.2, 0) is 0 Å². The fourth-order valence-corrected chi connectivity index (χ4v) is 2.93. The van der Waals surface area contributed by atoms with E-state index in [2.05, 4.69) is 0 Å². The number of rotatable bonds is 3. The molecule has 1 aromatic heterocycles. The van der Waals surface area contributed by atoms with Gasteiger partial charge in [-0.15, -0.1) is 0 Å². The van der Waals surface area contributed by atoms with Crippen LogP contribution in [0.3, 0.4) is 0 Å². The molecule has 1 heterocycles. The summed E-state index contributed by atoms with van der Waals surface area (Å²) in [5, 5.41) is 0. The molecule has 7 heteroatoms. The molecule has 0 spiro atoms. The Morgan fingerprint density at radius 1 is 1.32 bits per heavy atom. The maximum absolute atomic E-state index is 11.2. The third-order valence-corrected chi connectivity index (χ3v) is 4.10. The van der Waals surface area contributed by atoms with Gasteiger partial charge in [-0.3, -0.25) is 9.36 Å². The summed E-state index contributed by atoms with van der Waals surface area (Å²) in [7, 11) is 3.93. The van der Waals surface area contributed by atoms with Crippen LogP contribution in [0.25, 0.3) is 5.69 Å². The van der Waals surface area contributed by atoms with Gasteiger partial charge in [0.2, 0.25) is 0 Å². The van der Waals surface area contributed by atoms with Crippen molar-refractivity contribution in [2.45, 2.75) is 0 Å². The van der Waals surface area contributed by atoms with Crippen molar-refractivity contribution >= 4 is 41.0 Å². The summed E-state index contributed by atoms with van der Waals surface area (Å²) in [6.07, 6.45) is 0. The van der Waals surface area contributed by atoms with E-state index in [9.17, 15) is 4.79 Å². The predicted molar refractivity (Wildman–Crippen MR) is 81.7 cm³/mol. The monoisotopic (exact) mass is 294 g/mol. The van der Waals surface area contributed by atoms with E-state index in [1.54, 1.807) is 4.57 Å². The minimum Gasteiger partial charge on any atom is -0.383 e. The topological polar surface area (TPSA) is 77.3 Å². The molecule has 0 unspecified atom stereocenters. The minimum atomic E-state index is -0.558. The Morgan fingerprint density at radius 2 is 1.89 bits per heavy atom. The molecule has 5 nitrogen and oxygen atoms in total. The number of aromatic nitrogens is 1. The first kappa shape index (κ1) is 13.6. The highest BCUT2D eigenvalue weighted by molar-refractivity contribution is 7.73. The van der Waals surface area contributed by atoms with Crippen molar-refractivity contribution < 1.29 is 4.79 Å². The number of amides is 1. The van der Waals surface area contributed by atoms with E-state index in [1.165, 1.54) is 0 Å². The summed E-state index contributed by atoms with van der Waals surface area (Å²) in [6.45, 7) is 0. The van der Waals surface area contributed by atoms with E-state index in [1.807, 2.05) is 43.3 Å². The smallest absolute Gasteiger partial charge is 0.262 e. The molecule has 100 valence electrons. The van der Waals surface area contributed by atoms with Crippen LogP contribution in [0.5, 0.6) is 0 Å². The van der Waals surface area contributed by atoms with Crippen LogP contribution in [-0.4, -0.2) is 24.6 Å². The van der Waals surface area contributed by atoms with Crippen LogP contribution in [0.15, 0.2) is 24.3 Å². The van der Waals surface area contributed by atoms with Gasteiger partial charge >= 0.3 is 0 Å². The van der Waals surface area contributed by atoms with Crippen molar-refractivity contribution in [2.24, 2.45) is 5.73 Å². The summed E-state index contributed by atoms with van der Waals surface area (Å²) in [4.78, 5) is 13.5. The Labute approximate surface area is 120 Å². The first-order valence-corrected chi connectivity index (χ1v) is 6.73. The number of benzene rings is 1. The molecule has 0 bridgehead atoms. The van der Waals surface area contributed by atoms with E-state index in [0.717, 1.165) is 22.7 Å². The minimum absolute atomic E-state index is 0.292. The molecule has 2 aromatic rings. The molecule has 0 saturated carbocycles. The third-order valence-electron chi connectivity index (χ3n) is 2.69. The van der Waals surface area contributed by atoms with Gasteiger partial charge in [0.15, 0.2) is 3.95 Å². The van der Waals surface area contributed by atoms with E-state index in [4.69, 9.17) is 23.7 Å². The lowest BCUT2D eigenvalue weighted by Gasteiger charge is -2.13.